The first-order chi connectivity index (χ1) is 14.7. The Hall–Kier alpha value is -2.51. The zero-order chi connectivity index (χ0) is 20.9. The smallest absolute Gasteiger partial charge is 0.233 e. The van der Waals surface area contributed by atoms with Gasteiger partial charge in [-0.15, -0.1) is 0 Å². The molecule has 2 fully saturated rings. The fourth-order valence-corrected chi connectivity index (χ4v) is 4.58. The van der Waals surface area contributed by atoms with Gasteiger partial charge in [0.15, 0.2) is 0 Å². The van der Waals surface area contributed by atoms with Gasteiger partial charge in [0.2, 0.25) is 5.78 Å². The van der Waals surface area contributed by atoms with Gasteiger partial charge in [0.05, 0.1) is 11.4 Å². The molecule has 2 aliphatic rings. The lowest BCUT2D eigenvalue weighted by Crippen LogP contribution is -2.42. The molecule has 2 N–H and O–H groups in total. The van der Waals surface area contributed by atoms with Crippen LogP contribution in [0.1, 0.15) is 41.9 Å². The molecule has 2 aromatic heterocycles. The van der Waals surface area contributed by atoms with Gasteiger partial charge in [-0.25, -0.2) is 0 Å². The predicted octanol–water partition coefficient (Wildman–Crippen LogP) is 2.08. The molecule has 2 aromatic rings. The molecule has 0 amide bonds. The van der Waals surface area contributed by atoms with Crippen LogP contribution in [0, 0.1) is 0 Å². The average Bonchev–Trinajstić information content (AvgIpc) is 2.84. The summed E-state index contributed by atoms with van der Waals surface area (Å²) in [7, 11) is 4.03. The quantitative estimate of drug-likeness (QED) is 0.709. The fourth-order valence-electron chi connectivity index (χ4n) is 4.58. The summed E-state index contributed by atoms with van der Waals surface area (Å²) in [4.78, 5) is 27.2. The highest BCUT2D eigenvalue weighted by Crippen LogP contribution is 2.28. The third kappa shape index (κ3) is 4.32. The van der Waals surface area contributed by atoms with Crippen LogP contribution in [-0.2, 0) is 0 Å². The van der Waals surface area contributed by atoms with Crippen molar-refractivity contribution in [1.29, 1.82) is 0 Å². The maximum atomic E-state index is 13.6. The Morgan fingerprint density at radius 1 is 0.800 bits per heavy atom. The van der Waals surface area contributed by atoms with Crippen LogP contribution < -0.4 is 20.4 Å². The predicted molar refractivity (Wildman–Crippen MR) is 120 cm³/mol. The number of anilines is 2. The molecule has 0 unspecified atom stereocenters. The third-order valence-corrected chi connectivity index (χ3v) is 6.49. The van der Waals surface area contributed by atoms with Crippen molar-refractivity contribution in [3.8, 4) is 0 Å². The van der Waals surface area contributed by atoms with E-state index in [1.165, 1.54) is 0 Å². The molecule has 0 radical (unpaired) electrons. The summed E-state index contributed by atoms with van der Waals surface area (Å²) in [6, 6.07) is 8.94. The highest BCUT2D eigenvalue weighted by molar-refractivity contribution is 6.12. The maximum Gasteiger partial charge on any atom is 0.233 e. The second-order valence-corrected chi connectivity index (χ2v) is 8.17. The summed E-state index contributed by atoms with van der Waals surface area (Å²) in [6.07, 6.45) is 7.67. The first-order valence-corrected chi connectivity index (χ1v) is 11.0. The van der Waals surface area contributed by atoms with Gasteiger partial charge in [0.1, 0.15) is 11.4 Å². The van der Waals surface area contributed by atoms with E-state index in [0.717, 1.165) is 63.2 Å². The third-order valence-electron chi connectivity index (χ3n) is 6.49. The van der Waals surface area contributed by atoms with Crippen LogP contribution >= 0.6 is 0 Å². The molecule has 2 saturated heterocycles. The molecule has 0 atom stereocenters. The number of hydrogen-bond acceptors (Lipinski definition) is 7. The highest BCUT2D eigenvalue weighted by Gasteiger charge is 2.27. The molecule has 0 bridgehead atoms. The summed E-state index contributed by atoms with van der Waals surface area (Å²) in [5, 5.41) is 6.72. The summed E-state index contributed by atoms with van der Waals surface area (Å²) >= 11 is 0. The van der Waals surface area contributed by atoms with E-state index in [1.54, 1.807) is 12.4 Å². The zero-order valence-corrected chi connectivity index (χ0v) is 18.0. The topological polar surface area (TPSA) is 73.4 Å². The maximum absolute atomic E-state index is 13.6. The number of nitrogens with one attached hydrogen (secondary N) is 2. The molecule has 4 rings (SSSR count). The van der Waals surface area contributed by atoms with Crippen LogP contribution in [0.2, 0.25) is 0 Å². The van der Waals surface area contributed by atoms with Gasteiger partial charge in [-0.3, -0.25) is 14.8 Å². The number of pyridine rings is 2. The summed E-state index contributed by atoms with van der Waals surface area (Å²) in [6.45, 7) is 3.68. The molecular formula is C23H32N6O. The number of carbonyl (C=O) groups excluding carboxylic acids is 1. The van der Waals surface area contributed by atoms with E-state index in [2.05, 4.69) is 30.4 Å². The standard InChI is InChI=1S/C23H32N6O/c1-24-17-7-13-28(14-8-17)19-5-3-11-26-21(19)23(30)22-20(6-4-12-27-22)29-15-9-18(25-2)10-16-29/h3-6,11-12,17-18,24-25H,7-10,13-16H2,1-2H3. The van der Waals surface area contributed by atoms with E-state index in [9.17, 15) is 4.79 Å². The van der Waals surface area contributed by atoms with Crippen LogP contribution in [0.5, 0.6) is 0 Å². The van der Waals surface area contributed by atoms with Crippen molar-refractivity contribution in [2.75, 3.05) is 50.1 Å². The van der Waals surface area contributed by atoms with Crippen LogP contribution in [-0.4, -0.2) is 68.1 Å². The Kier molecular flexibility index (Phi) is 6.59. The number of hydrogen-bond donors (Lipinski definition) is 2. The van der Waals surface area contributed by atoms with Crippen LogP contribution in [0.3, 0.4) is 0 Å². The lowest BCUT2D eigenvalue weighted by atomic mass is 10.0. The van der Waals surface area contributed by atoms with E-state index in [4.69, 9.17) is 0 Å². The minimum absolute atomic E-state index is 0.0901. The number of rotatable bonds is 6. The minimum Gasteiger partial charge on any atom is -0.370 e. The van der Waals surface area contributed by atoms with Crippen molar-refractivity contribution in [3.63, 3.8) is 0 Å². The number of piperidine rings is 2. The van der Waals surface area contributed by atoms with E-state index >= 15 is 0 Å². The van der Waals surface area contributed by atoms with Gasteiger partial charge in [-0.1, -0.05) is 0 Å². The second kappa shape index (κ2) is 9.53. The second-order valence-electron chi connectivity index (χ2n) is 8.17. The largest absolute Gasteiger partial charge is 0.370 e. The molecule has 2 aliphatic heterocycles. The SMILES string of the molecule is CNC1CCN(c2cccnc2C(=O)c2ncccc2N2CCC(NC)CC2)CC1. The summed E-state index contributed by atoms with van der Waals surface area (Å²) in [5.41, 5.74) is 2.85. The fraction of sp³-hybridized carbons (Fsp3) is 0.522. The molecule has 30 heavy (non-hydrogen) atoms. The Labute approximate surface area is 178 Å². The number of ketones is 1. The van der Waals surface area contributed by atoms with Crippen LogP contribution in [0.25, 0.3) is 0 Å². The molecule has 4 heterocycles. The molecule has 160 valence electrons. The van der Waals surface area contributed by atoms with Gasteiger partial charge in [0.25, 0.3) is 0 Å². The van der Waals surface area contributed by atoms with Gasteiger partial charge >= 0.3 is 0 Å². The Morgan fingerprint density at radius 3 is 1.57 bits per heavy atom. The summed E-state index contributed by atoms with van der Waals surface area (Å²) in [5.74, 6) is -0.0901. The highest BCUT2D eigenvalue weighted by atomic mass is 16.1. The summed E-state index contributed by atoms with van der Waals surface area (Å²) < 4.78 is 0. The molecule has 0 aromatic carbocycles. The number of carbonyl (C=O) groups is 1. The van der Waals surface area contributed by atoms with E-state index in [1.807, 2.05) is 38.4 Å². The van der Waals surface area contributed by atoms with E-state index < -0.39 is 0 Å². The first-order valence-electron chi connectivity index (χ1n) is 11.0. The molecule has 7 nitrogen and oxygen atoms in total. The Morgan fingerprint density at radius 2 is 1.20 bits per heavy atom. The molecule has 0 spiro atoms. The van der Waals surface area contributed by atoms with Crippen molar-refractivity contribution in [1.82, 2.24) is 20.6 Å². The normalized spacial score (nSPS) is 18.6. The Bertz CT molecular complexity index is 787. The minimum atomic E-state index is -0.0901. The van der Waals surface area contributed by atoms with Crippen LogP contribution in [0.4, 0.5) is 11.4 Å². The molecule has 7 heteroatoms. The van der Waals surface area contributed by atoms with Crippen molar-refractivity contribution >= 4 is 17.2 Å². The lowest BCUT2D eigenvalue weighted by molar-refractivity contribution is 0.103. The van der Waals surface area contributed by atoms with E-state index in [-0.39, 0.29) is 5.78 Å². The Balaban J connectivity index is 1.59. The van der Waals surface area contributed by atoms with Crippen molar-refractivity contribution < 1.29 is 4.79 Å². The van der Waals surface area contributed by atoms with Crippen LogP contribution in [0.15, 0.2) is 36.7 Å². The first kappa shape index (κ1) is 20.8. The number of aromatic nitrogens is 2. The van der Waals surface area contributed by atoms with Gasteiger partial charge in [-0.2, -0.15) is 0 Å². The molecule has 0 saturated carbocycles. The van der Waals surface area contributed by atoms with Crippen molar-refractivity contribution in [2.45, 2.75) is 37.8 Å². The van der Waals surface area contributed by atoms with Gasteiger partial charge in [0, 0.05) is 50.7 Å². The zero-order valence-electron chi connectivity index (χ0n) is 18.0. The molecular weight excluding hydrogens is 376 g/mol. The lowest BCUT2D eigenvalue weighted by Gasteiger charge is -2.35. The average molecular weight is 409 g/mol. The van der Waals surface area contributed by atoms with E-state index in [0.29, 0.717) is 23.5 Å². The van der Waals surface area contributed by atoms with Crippen molar-refractivity contribution in [2.24, 2.45) is 0 Å². The monoisotopic (exact) mass is 408 g/mol. The van der Waals surface area contributed by atoms with Crippen molar-refractivity contribution in [3.05, 3.63) is 48.0 Å². The molecule has 0 aliphatic carbocycles. The van der Waals surface area contributed by atoms with Gasteiger partial charge in [-0.05, 0) is 64.0 Å². The number of nitrogens with zero attached hydrogens (tertiary/aromatic N) is 4. The van der Waals surface area contributed by atoms with Gasteiger partial charge < -0.3 is 20.4 Å².